The van der Waals surface area contributed by atoms with Crippen LogP contribution in [0.1, 0.15) is 35.2 Å². The van der Waals surface area contributed by atoms with Crippen molar-refractivity contribution >= 4 is 39.9 Å². The normalized spacial score (nSPS) is 17.6. The summed E-state index contributed by atoms with van der Waals surface area (Å²) in [6.45, 7) is 0.886. The van der Waals surface area contributed by atoms with E-state index in [1.807, 2.05) is 23.6 Å². The van der Waals surface area contributed by atoms with Gasteiger partial charge in [0.05, 0.1) is 11.6 Å². The Kier molecular flexibility index (Phi) is 6.10. The van der Waals surface area contributed by atoms with Crippen LogP contribution < -0.4 is 10.6 Å². The molecule has 3 heterocycles. The molecule has 2 N–H and O–H groups in total. The zero-order valence-electron chi connectivity index (χ0n) is 18.3. The van der Waals surface area contributed by atoms with Gasteiger partial charge in [-0.2, -0.15) is 0 Å². The van der Waals surface area contributed by atoms with Crippen LogP contribution in [0.15, 0.2) is 47.8 Å². The number of nitrogens with one attached hydrogen (secondary N) is 2. The largest absolute Gasteiger partial charge is 0.338 e. The minimum absolute atomic E-state index is 0.0274. The maximum absolute atomic E-state index is 13.2. The van der Waals surface area contributed by atoms with E-state index in [0.29, 0.717) is 43.0 Å². The van der Waals surface area contributed by atoms with Crippen molar-refractivity contribution in [1.29, 1.82) is 0 Å². The van der Waals surface area contributed by atoms with Crippen LogP contribution in [0.4, 0.5) is 15.2 Å². The van der Waals surface area contributed by atoms with E-state index in [9.17, 15) is 18.8 Å². The van der Waals surface area contributed by atoms with Gasteiger partial charge in [0, 0.05) is 41.7 Å². The summed E-state index contributed by atoms with van der Waals surface area (Å²) in [4.78, 5) is 43.5. The summed E-state index contributed by atoms with van der Waals surface area (Å²) in [5, 5.41) is 8.17. The number of likely N-dealkylation sites (tertiary alicyclic amines) is 1. The number of benzene rings is 2. The first-order chi connectivity index (χ1) is 16.5. The lowest BCUT2D eigenvalue weighted by Gasteiger charge is -2.32. The van der Waals surface area contributed by atoms with E-state index < -0.39 is 5.82 Å². The summed E-state index contributed by atoms with van der Waals surface area (Å²) < 4.78 is 13.2. The number of carbonyl (C=O) groups is 3. The van der Waals surface area contributed by atoms with Gasteiger partial charge < -0.3 is 15.5 Å². The average Bonchev–Trinajstić information content (AvgIpc) is 3.32. The molecule has 2 aliphatic rings. The van der Waals surface area contributed by atoms with Gasteiger partial charge in [0.2, 0.25) is 11.8 Å². The lowest BCUT2D eigenvalue weighted by atomic mass is 9.96. The molecule has 2 aliphatic heterocycles. The first-order valence-corrected chi connectivity index (χ1v) is 12.1. The van der Waals surface area contributed by atoms with Crippen molar-refractivity contribution in [2.45, 2.75) is 25.7 Å². The molecule has 1 fully saturated rings. The van der Waals surface area contributed by atoms with Crippen LogP contribution in [0.5, 0.6) is 0 Å². The van der Waals surface area contributed by atoms with Crippen LogP contribution in [-0.2, 0) is 16.0 Å². The lowest BCUT2D eigenvalue weighted by molar-refractivity contribution is -0.121. The number of hydrogen-bond donors (Lipinski definition) is 2. The maximum Gasteiger partial charge on any atom is 0.253 e. The number of thiazole rings is 1. The molecule has 3 aromatic rings. The highest BCUT2D eigenvalue weighted by atomic mass is 32.1. The van der Waals surface area contributed by atoms with E-state index in [0.717, 1.165) is 28.9 Å². The highest BCUT2D eigenvalue weighted by Crippen LogP contribution is 2.31. The van der Waals surface area contributed by atoms with Gasteiger partial charge in [-0.15, -0.1) is 11.3 Å². The van der Waals surface area contributed by atoms with E-state index in [1.165, 1.54) is 35.6 Å². The van der Waals surface area contributed by atoms with Crippen molar-refractivity contribution < 1.29 is 18.8 Å². The lowest BCUT2D eigenvalue weighted by Crippen LogP contribution is -2.43. The number of amides is 3. The van der Waals surface area contributed by atoms with Gasteiger partial charge in [-0.1, -0.05) is 6.07 Å². The topological polar surface area (TPSA) is 91.4 Å². The van der Waals surface area contributed by atoms with Gasteiger partial charge in [0.25, 0.3) is 5.91 Å². The highest BCUT2D eigenvalue weighted by molar-refractivity contribution is 7.14. The number of hydrogen-bond acceptors (Lipinski definition) is 5. The molecule has 1 saturated heterocycles. The van der Waals surface area contributed by atoms with Crippen LogP contribution >= 0.6 is 11.3 Å². The van der Waals surface area contributed by atoms with Crippen LogP contribution in [0.3, 0.4) is 0 Å². The maximum atomic E-state index is 13.2. The van der Waals surface area contributed by atoms with E-state index in [-0.39, 0.29) is 23.6 Å². The summed E-state index contributed by atoms with van der Waals surface area (Å²) >= 11 is 1.35. The second kappa shape index (κ2) is 9.34. The number of piperidine rings is 1. The fourth-order valence-electron chi connectivity index (χ4n) is 4.36. The fourth-order valence-corrected chi connectivity index (χ4v) is 5.09. The van der Waals surface area contributed by atoms with E-state index in [2.05, 4.69) is 15.6 Å². The summed E-state index contributed by atoms with van der Waals surface area (Å²) in [7, 11) is 0. The van der Waals surface area contributed by atoms with Crippen molar-refractivity contribution in [2.24, 2.45) is 5.92 Å². The first kappa shape index (κ1) is 22.2. The van der Waals surface area contributed by atoms with Crippen LogP contribution in [0, 0.1) is 11.7 Å². The average molecular weight is 479 g/mol. The van der Waals surface area contributed by atoms with Crippen LogP contribution in [0.25, 0.3) is 11.3 Å². The molecule has 3 amide bonds. The van der Waals surface area contributed by atoms with Crippen LogP contribution in [-0.4, -0.2) is 40.7 Å². The summed E-state index contributed by atoms with van der Waals surface area (Å²) in [5.74, 6) is -1.06. The number of anilines is 2. The Hall–Kier alpha value is -3.59. The summed E-state index contributed by atoms with van der Waals surface area (Å²) in [6.07, 6.45) is 2.57. The molecule has 34 heavy (non-hydrogen) atoms. The molecule has 174 valence electrons. The molecule has 5 rings (SSSR count). The standard InChI is InChI=1S/C25H23FN4O3S/c26-19-7-3-15(4-8-19)24(33)30-11-1-2-18(13-30)23(32)29-25-28-21(14-34-25)17-5-9-20-16(12-17)6-10-22(31)27-20/h3-5,7-9,12,14,18H,1-2,6,10-11,13H2,(H,27,31)(H,28,29,32)/t18-/m1/s1. The minimum Gasteiger partial charge on any atom is -0.338 e. The van der Waals surface area contributed by atoms with Gasteiger partial charge in [0.15, 0.2) is 5.13 Å². The summed E-state index contributed by atoms with van der Waals surface area (Å²) in [6, 6.07) is 11.3. The van der Waals surface area contributed by atoms with Crippen molar-refractivity contribution in [1.82, 2.24) is 9.88 Å². The monoisotopic (exact) mass is 478 g/mol. The zero-order chi connectivity index (χ0) is 23.7. The SMILES string of the molecule is O=C1CCc2cc(-c3csc(NC(=O)[C@@H]4CCCN(C(=O)c5ccc(F)cc5)C4)n3)ccc2N1. The zero-order valence-corrected chi connectivity index (χ0v) is 19.2. The second-order valence-corrected chi connectivity index (χ2v) is 9.40. The van der Waals surface area contributed by atoms with Gasteiger partial charge in [-0.05, 0) is 61.2 Å². The Balaban J connectivity index is 1.23. The van der Waals surface area contributed by atoms with Crippen molar-refractivity contribution in [3.63, 3.8) is 0 Å². The molecule has 0 bridgehead atoms. The highest BCUT2D eigenvalue weighted by Gasteiger charge is 2.29. The predicted molar refractivity (Wildman–Crippen MR) is 128 cm³/mol. The third kappa shape index (κ3) is 4.70. The molecular formula is C25H23FN4O3S. The van der Waals surface area contributed by atoms with Gasteiger partial charge in [-0.3, -0.25) is 14.4 Å². The van der Waals surface area contributed by atoms with Gasteiger partial charge >= 0.3 is 0 Å². The molecular weight excluding hydrogens is 455 g/mol. The number of aryl methyl sites for hydroxylation is 1. The molecule has 2 aromatic carbocycles. The van der Waals surface area contributed by atoms with Crippen molar-refractivity contribution in [3.05, 3.63) is 64.8 Å². The molecule has 0 saturated carbocycles. The predicted octanol–water partition coefficient (Wildman–Crippen LogP) is 4.32. The molecule has 1 atom stereocenters. The molecule has 1 aromatic heterocycles. The Morgan fingerprint density at radius 1 is 1.15 bits per heavy atom. The molecule has 0 unspecified atom stereocenters. The quantitative estimate of drug-likeness (QED) is 0.584. The van der Waals surface area contributed by atoms with Crippen molar-refractivity contribution in [3.8, 4) is 11.3 Å². The first-order valence-electron chi connectivity index (χ1n) is 11.2. The fraction of sp³-hybridized carbons (Fsp3) is 0.280. The molecule has 0 aliphatic carbocycles. The minimum atomic E-state index is -0.391. The van der Waals surface area contributed by atoms with E-state index in [1.54, 1.807) is 4.90 Å². The Morgan fingerprint density at radius 3 is 2.79 bits per heavy atom. The van der Waals surface area contributed by atoms with E-state index >= 15 is 0 Å². The third-order valence-corrected chi connectivity index (χ3v) is 6.96. The molecule has 7 nitrogen and oxygen atoms in total. The third-order valence-electron chi connectivity index (χ3n) is 6.20. The number of nitrogens with zero attached hydrogens (tertiary/aromatic N) is 2. The smallest absolute Gasteiger partial charge is 0.253 e. The number of rotatable bonds is 4. The Bertz CT molecular complexity index is 1260. The molecule has 9 heteroatoms. The molecule has 0 radical (unpaired) electrons. The van der Waals surface area contributed by atoms with Gasteiger partial charge in [-0.25, -0.2) is 9.37 Å². The number of halogens is 1. The van der Waals surface area contributed by atoms with Crippen molar-refractivity contribution in [2.75, 3.05) is 23.7 Å². The Labute approximate surface area is 200 Å². The molecule has 0 spiro atoms. The number of fused-ring (bicyclic) bond motifs is 1. The summed E-state index contributed by atoms with van der Waals surface area (Å²) in [5.41, 5.74) is 4.01. The Morgan fingerprint density at radius 2 is 1.97 bits per heavy atom. The van der Waals surface area contributed by atoms with Gasteiger partial charge in [0.1, 0.15) is 5.82 Å². The van der Waals surface area contributed by atoms with E-state index in [4.69, 9.17) is 0 Å². The second-order valence-electron chi connectivity index (χ2n) is 8.54. The van der Waals surface area contributed by atoms with Crippen LogP contribution in [0.2, 0.25) is 0 Å². The number of aromatic nitrogens is 1. The number of carbonyl (C=O) groups excluding carboxylic acids is 3.